The predicted molar refractivity (Wildman–Crippen MR) is 101 cm³/mol. The molecule has 1 amide bonds. The van der Waals surface area contributed by atoms with Crippen LogP contribution in [0.15, 0.2) is 46.9 Å². The number of halogens is 2. The van der Waals surface area contributed by atoms with Crippen molar-refractivity contribution in [3.63, 3.8) is 0 Å². The summed E-state index contributed by atoms with van der Waals surface area (Å²) in [5.41, 5.74) is 1.12. The molecule has 0 spiro atoms. The molecule has 0 saturated carbocycles. The number of likely N-dealkylation sites (tertiary alicyclic amines) is 1. The summed E-state index contributed by atoms with van der Waals surface area (Å²) in [5, 5.41) is 0.482. The normalized spacial score (nSPS) is 16.8. The SMILES string of the molecule is COc1ccc([C@@H]2CCCN2C(=O)COc2ccc(Br)cc2Cl)cc1. The number of carbonyl (C=O) groups excluding carboxylic acids is 1. The number of nitrogens with zero attached hydrogens (tertiary/aromatic N) is 1. The number of amides is 1. The van der Waals surface area contributed by atoms with E-state index in [0.717, 1.165) is 35.2 Å². The first-order valence-corrected chi connectivity index (χ1v) is 9.27. The average Bonchev–Trinajstić information content (AvgIpc) is 3.10. The zero-order valence-electron chi connectivity index (χ0n) is 13.9. The highest BCUT2D eigenvalue weighted by atomic mass is 79.9. The highest BCUT2D eigenvalue weighted by molar-refractivity contribution is 9.10. The third-order valence-corrected chi connectivity index (χ3v) is 5.11. The topological polar surface area (TPSA) is 38.8 Å². The fourth-order valence-corrected chi connectivity index (χ4v) is 3.78. The Morgan fingerprint density at radius 2 is 2.04 bits per heavy atom. The highest BCUT2D eigenvalue weighted by Gasteiger charge is 2.30. The molecule has 1 heterocycles. The van der Waals surface area contributed by atoms with Crippen LogP contribution in [0.5, 0.6) is 11.5 Å². The number of methoxy groups -OCH3 is 1. The minimum absolute atomic E-state index is 0.0198. The number of ether oxygens (including phenoxy) is 2. The third-order valence-electron chi connectivity index (χ3n) is 4.32. The summed E-state index contributed by atoms with van der Waals surface area (Å²) in [6, 6.07) is 13.3. The summed E-state index contributed by atoms with van der Waals surface area (Å²) in [6.45, 7) is 0.723. The van der Waals surface area contributed by atoms with Crippen molar-refractivity contribution in [1.82, 2.24) is 4.90 Å². The van der Waals surface area contributed by atoms with Crippen molar-refractivity contribution < 1.29 is 14.3 Å². The van der Waals surface area contributed by atoms with Crippen molar-refractivity contribution >= 4 is 33.4 Å². The number of rotatable bonds is 5. The van der Waals surface area contributed by atoms with Crippen LogP contribution in [0.25, 0.3) is 0 Å². The Hall–Kier alpha value is -1.72. The lowest BCUT2D eigenvalue weighted by atomic mass is 10.0. The summed E-state index contributed by atoms with van der Waals surface area (Å²) >= 11 is 9.48. The molecular weight excluding hydrogens is 406 g/mol. The lowest BCUT2D eigenvalue weighted by Crippen LogP contribution is -2.34. The Morgan fingerprint density at radius 3 is 2.72 bits per heavy atom. The van der Waals surface area contributed by atoms with E-state index in [9.17, 15) is 4.79 Å². The third kappa shape index (κ3) is 4.28. The van der Waals surface area contributed by atoms with Gasteiger partial charge in [-0.2, -0.15) is 0 Å². The Balaban J connectivity index is 1.65. The first-order chi connectivity index (χ1) is 12.1. The summed E-state index contributed by atoms with van der Waals surface area (Å²) in [6.07, 6.45) is 1.94. The van der Waals surface area contributed by atoms with E-state index in [1.807, 2.05) is 35.2 Å². The van der Waals surface area contributed by atoms with E-state index in [-0.39, 0.29) is 18.6 Å². The minimum atomic E-state index is -0.0303. The van der Waals surface area contributed by atoms with Gasteiger partial charge < -0.3 is 14.4 Å². The fourth-order valence-electron chi connectivity index (χ4n) is 3.05. The average molecular weight is 425 g/mol. The molecule has 0 bridgehead atoms. The van der Waals surface area contributed by atoms with Gasteiger partial charge in [-0.25, -0.2) is 0 Å². The van der Waals surface area contributed by atoms with Crippen LogP contribution in [0.4, 0.5) is 0 Å². The molecule has 0 radical (unpaired) electrons. The Labute approximate surface area is 160 Å². The van der Waals surface area contributed by atoms with Crippen LogP contribution < -0.4 is 9.47 Å². The standard InChI is InChI=1S/C19H19BrClNO3/c1-24-15-7-4-13(5-8-15)17-3-2-10-22(17)19(23)12-25-18-9-6-14(20)11-16(18)21/h4-9,11,17H,2-3,10,12H2,1H3/t17-/m0/s1. The molecule has 0 unspecified atom stereocenters. The van der Waals surface area contributed by atoms with E-state index in [4.69, 9.17) is 21.1 Å². The maximum absolute atomic E-state index is 12.6. The van der Waals surface area contributed by atoms with E-state index < -0.39 is 0 Å². The van der Waals surface area contributed by atoms with Crippen LogP contribution in [-0.2, 0) is 4.79 Å². The Bertz CT molecular complexity index is 751. The second kappa shape index (κ2) is 8.11. The highest BCUT2D eigenvalue weighted by Crippen LogP contribution is 2.33. The maximum atomic E-state index is 12.6. The Kier molecular flexibility index (Phi) is 5.86. The number of hydrogen-bond acceptors (Lipinski definition) is 3. The van der Waals surface area contributed by atoms with Crippen molar-refractivity contribution in [3.05, 3.63) is 57.5 Å². The van der Waals surface area contributed by atoms with Gasteiger partial charge in [0, 0.05) is 11.0 Å². The molecule has 2 aromatic rings. The molecular formula is C19H19BrClNO3. The van der Waals surface area contributed by atoms with Crippen molar-refractivity contribution in [2.24, 2.45) is 0 Å². The molecule has 1 fully saturated rings. The van der Waals surface area contributed by atoms with Crippen LogP contribution >= 0.6 is 27.5 Å². The Morgan fingerprint density at radius 1 is 1.28 bits per heavy atom. The first-order valence-electron chi connectivity index (χ1n) is 8.10. The predicted octanol–water partition coefficient (Wildman–Crippen LogP) is 4.85. The van der Waals surface area contributed by atoms with E-state index in [2.05, 4.69) is 15.9 Å². The van der Waals surface area contributed by atoms with Gasteiger partial charge in [-0.15, -0.1) is 0 Å². The summed E-state index contributed by atoms with van der Waals surface area (Å²) in [7, 11) is 1.64. The zero-order valence-corrected chi connectivity index (χ0v) is 16.2. The number of hydrogen-bond donors (Lipinski definition) is 0. The van der Waals surface area contributed by atoms with Gasteiger partial charge in [0.15, 0.2) is 6.61 Å². The minimum Gasteiger partial charge on any atom is -0.497 e. The summed E-state index contributed by atoms with van der Waals surface area (Å²) in [4.78, 5) is 14.5. The van der Waals surface area contributed by atoms with Gasteiger partial charge >= 0.3 is 0 Å². The van der Waals surface area contributed by atoms with E-state index >= 15 is 0 Å². The van der Waals surface area contributed by atoms with Gasteiger partial charge in [0.05, 0.1) is 18.2 Å². The number of carbonyl (C=O) groups is 1. The number of benzene rings is 2. The van der Waals surface area contributed by atoms with Crippen LogP contribution in [-0.4, -0.2) is 31.1 Å². The molecule has 0 N–H and O–H groups in total. The van der Waals surface area contributed by atoms with Crippen molar-refractivity contribution in [3.8, 4) is 11.5 Å². The van der Waals surface area contributed by atoms with Crippen LogP contribution in [0.1, 0.15) is 24.4 Å². The quantitative estimate of drug-likeness (QED) is 0.688. The molecule has 3 rings (SSSR count). The fraction of sp³-hybridized carbons (Fsp3) is 0.316. The van der Waals surface area contributed by atoms with Crippen molar-refractivity contribution in [2.45, 2.75) is 18.9 Å². The molecule has 1 aliphatic rings. The van der Waals surface area contributed by atoms with Crippen LogP contribution in [0, 0.1) is 0 Å². The zero-order chi connectivity index (χ0) is 17.8. The second-order valence-corrected chi connectivity index (χ2v) is 7.20. The van der Waals surface area contributed by atoms with E-state index in [1.54, 1.807) is 19.2 Å². The van der Waals surface area contributed by atoms with Gasteiger partial charge in [0.2, 0.25) is 0 Å². The van der Waals surface area contributed by atoms with E-state index in [1.165, 1.54) is 0 Å². The van der Waals surface area contributed by atoms with Crippen LogP contribution in [0.2, 0.25) is 5.02 Å². The molecule has 1 saturated heterocycles. The molecule has 0 aromatic heterocycles. The van der Waals surface area contributed by atoms with E-state index in [0.29, 0.717) is 10.8 Å². The lowest BCUT2D eigenvalue weighted by molar-refractivity contribution is -0.134. The molecule has 0 aliphatic carbocycles. The molecule has 6 heteroatoms. The summed E-state index contributed by atoms with van der Waals surface area (Å²) in [5.74, 6) is 1.29. The smallest absolute Gasteiger partial charge is 0.261 e. The van der Waals surface area contributed by atoms with Gasteiger partial charge in [-0.3, -0.25) is 4.79 Å². The lowest BCUT2D eigenvalue weighted by Gasteiger charge is -2.25. The molecule has 2 aromatic carbocycles. The van der Waals surface area contributed by atoms with Gasteiger partial charge in [-0.1, -0.05) is 39.7 Å². The van der Waals surface area contributed by atoms with Crippen LogP contribution in [0.3, 0.4) is 0 Å². The van der Waals surface area contributed by atoms with Gasteiger partial charge in [0.25, 0.3) is 5.91 Å². The van der Waals surface area contributed by atoms with Crippen molar-refractivity contribution in [2.75, 3.05) is 20.3 Å². The molecule has 132 valence electrons. The molecule has 1 atom stereocenters. The monoisotopic (exact) mass is 423 g/mol. The first kappa shape index (κ1) is 18.1. The van der Waals surface area contributed by atoms with Gasteiger partial charge in [0.1, 0.15) is 11.5 Å². The maximum Gasteiger partial charge on any atom is 0.261 e. The largest absolute Gasteiger partial charge is 0.497 e. The molecule has 25 heavy (non-hydrogen) atoms. The second-order valence-electron chi connectivity index (χ2n) is 5.88. The molecule has 4 nitrogen and oxygen atoms in total. The van der Waals surface area contributed by atoms with Crippen molar-refractivity contribution in [1.29, 1.82) is 0 Å². The molecule has 1 aliphatic heterocycles. The van der Waals surface area contributed by atoms with Gasteiger partial charge in [-0.05, 0) is 48.7 Å². The summed E-state index contributed by atoms with van der Waals surface area (Å²) < 4.78 is 11.7.